The van der Waals surface area contributed by atoms with Crippen LogP contribution in [0.1, 0.15) is 0 Å². The van der Waals surface area contributed by atoms with Gasteiger partial charge in [0.05, 0.1) is 27.9 Å². The largest absolute Gasteiger partial charge is 0.322 e. The fraction of sp³-hybridized carbons (Fsp3) is 0.0769. The highest BCUT2D eigenvalue weighted by molar-refractivity contribution is 9.10. The smallest absolute Gasteiger partial charge is 0.208 e. The number of halogens is 3. The summed E-state index contributed by atoms with van der Waals surface area (Å²) in [5, 5.41) is 3.22. The van der Waals surface area contributed by atoms with Gasteiger partial charge in [0.2, 0.25) is 5.95 Å². The summed E-state index contributed by atoms with van der Waals surface area (Å²) >= 11 is 9.29. The third kappa shape index (κ3) is 2.25. The molecule has 102 valence electrons. The number of pyridine rings is 1. The monoisotopic (exact) mass is 354 g/mol. The molecule has 0 spiro atoms. The average molecular weight is 356 g/mol. The summed E-state index contributed by atoms with van der Waals surface area (Å²) in [5.41, 5.74) is 1.80. The van der Waals surface area contributed by atoms with Crippen LogP contribution in [0.4, 0.5) is 16.0 Å². The van der Waals surface area contributed by atoms with Crippen molar-refractivity contribution in [3.05, 3.63) is 45.9 Å². The van der Waals surface area contributed by atoms with E-state index in [-0.39, 0.29) is 5.69 Å². The van der Waals surface area contributed by atoms with E-state index in [1.165, 1.54) is 6.07 Å². The first-order valence-corrected chi connectivity index (χ1v) is 6.92. The van der Waals surface area contributed by atoms with Crippen LogP contribution in [0.15, 0.2) is 35.1 Å². The summed E-state index contributed by atoms with van der Waals surface area (Å²) < 4.78 is 16.3. The lowest BCUT2D eigenvalue weighted by molar-refractivity contribution is 0.631. The van der Waals surface area contributed by atoms with Gasteiger partial charge < -0.3 is 9.88 Å². The van der Waals surface area contributed by atoms with Gasteiger partial charge in [-0.2, -0.15) is 0 Å². The fourth-order valence-corrected chi connectivity index (χ4v) is 2.43. The summed E-state index contributed by atoms with van der Waals surface area (Å²) in [6.45, 7) is 0. The van der Waals surface area contributed by atoms with Crippen molar-refractivity contribution in [2.75, 3.05) is 5.32 Å². The molecule has 0 aliphatic carbocycles. The second kappa shape index (κ2) is 5.03. The fourth-order valence-electron chi connectivity index (χ4n) is 1.90. The van der Waals surface area contributed by atoms with Crippen molar-refractivity contribution in [1.29, 1.82) is 0 Å². The molecule has 0 atom stereocenters. The van der Waals surface area contributed by atoms with Gasteiger partial charge in [-0.05, 0) is 34.1 Å². The predicted octanol–water partition coefficient (Wildman–Crippen LogP) is 4.27. The van der Waals surface area contributed by atoms with E-state index in [0.717, 1.165) is 11.0 Å². The molecular weight excluding hydrogens is 347 g/mol. The predicted molar refractivity (Wildman–Crippen MR) is 80.9 cm³/mol. The third-order valence-electron chi connectivity index (χ3n) is 2.93. The minimum absolute atomic E-state index is 0.208. The first kappa shape index (κ1) is 13.3. The van der Waals surface area contributed by atoms with Crippen LogP contribution in [0, 0.1) is 5.82 Å². The van der Waals surface area contributed by atoms with Gasteiger partial charge in [0, 0.05) is 7.05 Å². The standard InChI is InChI=1S/C13H9BrClFN4/c1-20-10-6-17-11(14)5-9(10)18-13(20)19-12-7(15)3-2-4-8(12)16/h2-6H,1H3,(H,18,19). The topological polar surface area (TPSA) is 42.7 Å². The summed E-state index contributed by atoms with van der Waals surface area (Å²) in [6.07, 6.45) is 1.69. The molecule has 4 nitrogen and oxygen atoms in total. The van der Waals surface area contributed by atoms with Gasteiger partial charge in [-0.3, -0.25) is 0 Å². The number of fused-ring (bicyclic) bond motifs is 1. The Hall–Kier alpha value is -1.66. The Bertz CT molecular complexity index is 782. The SMILES string of the molecule is Cn1c(Nc2c(F)cccc2Cl)nc2cc(Br)ncc21. The molecule has 0 amide bonds. The van der Waals surface area contributed by atoms with E-state index in [4.69, 9.17) is 11.6 Å². The molecule has 0 fully saturated rings. The Labute approximate surface area is 127 Å². The Kier molecular flexibility index (Phi) is 3.35. The number of hydrogen-bond donors (Lipinski definition) is 1. The number of nitrogens with one attached hydrogen (secondary N) is 1. The molecule has 2 aromatic heterocycles. The Balaban J connectivity index is 2.09. The lowest BCUT2D eigenvalue weighted by Crippen LogP contribution is -2.01. The number of anilines is 2. The van der Waals surface area contributed by atoms with Gasteiger partial charge in [0.25, 0.3) is 0 Å². The van der Waals surface area contributed by atoms with Crippen LogP contribution in [-0.2, 0) is 7.05 Å². The Morgan fingerprint density at radius 2 is 2.20 bits per heavy atom. The van der Waals surface area contributed by atoms with Crippen molar-refractivity contribution < 1.29 is 4.39 Å². The normalized spacial score (nSPS) is 11.0. The van der Waals surface area contributed by atoms with Gasteiger partial charge in [-0.25, -0.2) is 14.4 Å². The highest BCUT2D eigenvalue weighted by atomic mass is 79.9. The summed E-state index contributed by atoms with van der Waals surface area (Å²) in [6, 6.07) is 6.31. The maximum Gasteiger partial charge on any atom is 0.208 e. The van der Waals surface area contributed by atoms with Crippen molar-refractivity contribution in [2.24, 2.45) is 7.05 Å². The molecule has 7 heteroatoms. The second-order valence-electron chi connectivity index (χ2n) is 4.21. The van der Waals surface area contributed by atoms with Crippen molar-refractivity contribution in [3.63, 3.8) is 0 Å². The first-order chi connectivity index (χ1) is 9.56. The van der Waals surface area contributed by atoms with E-state index in [0.29, 0.717) is 15.6 Å². The molecule has 0 bridgehead atoms. The van der Waals surface area contributed by atoms with Crippen LogP contribution in [0.25, 0.3) is 11.0 Å². The van der Waals surface area contributed by atoms with E-state index in [9.17, 15) is 4.39 Å². The zero-order valence-electron chi connectivity index (χ0n) is 10.4. The number of hydrogen-bond acceptors (Lipinski definition) is 3. The summed E-state index contributed by atoms with van der Waals surface area (Å²) in [5.74, 6) is 0.0655. The minimum atomic E-state index is -0.427. The molecule has 3 aromatic rings. The van der Waals surface area contributed by atoms with Gasteiger partial charge in [0.1, 0.15) is 10.4 Å². The van der Waals surface area contributed by atoms with Crippen LogP contribution in [-0.4, -0.2) is 14.5 Å². The molecule has 0 saturated carbocycles. The zero-order chi connectivity index (χ0) is 14.3. The van der Waals surface area contributed by atoms with E-state index in [1.807, 2.05) is 7.05 Å². The highest BCUT2D eigenvalue weighted by Gasteiger charge is 2.12. The van der Waals surface area contributed by atoms with Crippen LogP contribution in [0.5, 0.6) is 0 Å². The molecule has 0 aliphatic heterocycles. The quantitative estimate of drug-likeness (QED) is 0.698. The van der Waals surface area contributed by atoms with E-state index in [2.05, 4.69) is 31.2 Å². The van der Waals surface area contributed by atoms with E-state index in [1.54, 1.807) is 29.0 Å². The number of aryl methyl sites for hydroxylation is 1. The highest BCUT2D eigenvalue weighted by Crippen LogP contribution is 2.29. The van der Waals surface area contributed by atoms with Crippen molar-refractivity contribution in [2.45, 2.75) is 0 Å². The Morgan fingerprint density at radius 3 is 2.95 bits per heavy atom. The molecule has 1 aromatic carbocycles. The maximum atomic E-state index is 13.8. The van der Waals surface area contributed by atoms with Gasteiger partial charge in [0.15, 0.2) is 0 Å². The van der Waals surface area contributed by atoms with Crippen molar-refractivity contribution in [3.8, 4) is 0 Å². The molecule has 3 rings (SSSR count). The number of benzene rings is 1. The maximum absolute atomic E-state index is 13.8. The lowest BCUT2D eigenvalue weighted by Gasteiger charge is -2.08. The number of aromatic nitrogens is 3. The summed E-state index contributed by atoms with van der Waals surface area (Å²) in [4.78, 5) is 8.56. The molecule has 0 radical (unpaired) electrons. The lowest BCUT2D eigenvalue weighted by atomic mass is 10.3. The van der Waals surface area contributed by atoms with Gasteiger partial charge >= 0.3 is 0 Å². The molecule has 2 heterocycles. The van der Waals surface area contributed by atoms with Crippen molar-refractivity contribution in [1.82, 2.24) is 14.5 Å². The van der Waals surface area contributed by atoms with Crippen LogP contribution in [0.3, 0.4) is 0 Å². The molecule has 0 aliphatic rings. The molecule has 0 unspecified atom stereocenters. The van der Waals surface area contributed by atoms with Crippen LogP contribution >= 0.6 is 27.5 Å². The van der Waals surface area contributed by atoms with Crippen LogP contribution < -0.4 is 5.32 Å². The first-order valence-electron chi connectivity index (χ1n) is 5.75. The molecule has 0 saturated heterocycles. The van der Waals surface area contributed by atoms with Crippen molar-refractivity contribution >= 4 is 50.2 Å². The third-order valence-corrected chi connectivity index (χ3v) is 3.68. The summed E-state index contributed by atoms with van der Waals surface area (Å²) in [7, 11) is 1.82. The second-order valence-corrected chi connectivity index (χ2v) is 5.43. The zero-order valence-corrected chi connectivity index (χ0v) is 12.7. The minimum Gasteiger partial charge on any atom is -0.322 e. The number of nitrogens with zero attached hydrogens (tertiary/aromatic N) is 3. The average Bonchev–Trinajstić information content (AvgIpc) is 2.70. The van der Waals surface area contributed by atoms with E-state index >= 15 is 0 Å². The Morgan fingerprint density at radius 1 is 1.40 bits per heavy atom. The van der Waals surface area contributed by atoms with Crippen LogP contribution in [0.2, 0.25) is 5.02 Å². The van der Waals surface area contributed by atoms with E-state index < -0.39 is 5.82 Å². The number of rotatable bonds is 2. The number of imidazole rings is 1. The number of para-hydroxylation sites is 1. The van der Waals surface area contributed by atoms with Gasteiger partial charge in [-0.1, -0.05) is 17.7 Å². The molecular formula is C13H9BrClFN4. The molecule has 20 heavy (non-hydrogen) atoms. The van der Waals surface area contributed by atoms with Gasteiger partial charge in [-0.15, -0.1) is 0 Å². The molecule has 1 N–H and O–H groups in total.